The van der Waals surface area contributed by atoms with Crippen molar-refractivity contribution in [2.45, 2.75) is 6.61 Å². The largest absolute Gasteiger partial charge is 0.488 e. The number of hydrogen-bond donors (Lipinski definition) is 0. The number of halogens is 1. The highest BCUT2D eigenvalue weighted by Gasteiger charge is 2.17. The lowest BCUT2D eigenvalue weighted by Crippen LogP contribution is -1.84. The van der Waals surface area contributed by atoms with Crippen LogP contribution in [0.3, 0.4) is 0 Å². The maximum absolute atomic E-state index is 6.08. The van der Waals surface area contributed by atoms with E-state index in [-0.39, 0.29) is 0 Å². The van der Waals surface area contributed by atoms with Crippen molar-refractivity contribution >= 4 is 33.1 Å². The highest BCUT2D eigenvalue weighted by atomic mass is 35.5. The second kappa shape index (κ2) is 3.14. The molecule has 2 heteroatoms. The Balaban J connectivity index is 2.32. The van der Waals surface area contributed by atoms with Gasteiger partial charge in [-0.25, -0.2) is 0 Å². The zero-order valence-electron chi connectivity index (χ0n) is 9.03. The van der Waals surface area contributed by atoms with Gasteiger partial charge in [0.15, 0.2) is 0 Å². The highest BCUT2D eigenvalue weighted by molar-refractivity contribution is 6.32. The van der Waals surface area contributed by atoms with Gasteiger partial charge >= 0.3 is 0 Å². The van der Waals surface area contributed by atoms with E-state index in [9.17, 15) is 0 Å². The molecule has 17 heavy (non-hydrogen) atoms. The Morgan fingerprint density at radius 1 is 1.00 bits per heavy atom. The van der Waals surface area contributed by atoms with E-state index in [1.54, 1.807) is 0 Å². The van der Waals surface area contributed by atoms with Gasteiger partial charge in [0.05, 0.1) is 0 Å². The Morgan fingerprint density at radius 3 is 2.88 bits per heavy atom. The van der Waals surface area contributed by atoms with Crippen LogP contribution < -0.4 is 4.74 Å². The van der Waals surface area contributed by atoms with E-state index in [0.717, 1.165) is 10.8 Å². The van der Waals surface area contributed by atoms with Crippen LogP contribution in [0.2, 0.25) is 5.02 Å². The van der Waals surface area contributed by atoms with Gasteiger partial charge in [-0.3, -0.25) is 0 Å². The molecule has 0 amide bonds. The topological polar surface area (TPSA) is 9.23 Å². The summed E-state index contributed by atoms with van der Waals surface area (Å²) in [5.41, 5.74) is 1.27. The molecule has 3 aromatic rings. The van der Waals surface area contributed by atoms with Gasteiger partial charge in [0.25, 0.3) is 0 Å². The first-order valence-electron chi connectivity index (χ1n) is 5.59. The van der Waals surface area contributed by atoms with Gasteiger partial charge in [-0.2, -0.15) is 0 Å². The van der Waals surface area contributed by atoms with Crippen LogP contribution in [0.5, 0.6) is 5.75 Å². The molecule has 0 fully saturated rings. The quantitative estimate of drug-likeness (QED) is 0.524. The first-order valence-corrected chi connectivity index (χ1v) is 5.97. The van der Waals surface area contributed by atoms with Gasteiger partial charge in [0.1, 0.15) is 12.4 Å². The van der Waals surface area contributed by atoms with Crippen molar-refractivity contribution in [2.24, 2.45) is 0 Å². The Morgan fingerprint density at radius 2 is 1.94 bits per heavy atom. The molecule has 0 saturated heterocycles. The molecule has 0 atom stereocenters. The molecule has 0 saturated carbocycles. The van der Waals surface area contributed by atoms with E-state index in [2.05, 4.69) is 18.2 Å². The van der Waals surface area contributed by atoms with Crippen LogP contribution in [-0.4, -0.2) is 0 Å². The molecule has 0 aromatic heterocycles. The summed E-state index contributed by atoms with van der Waals surface area (Å²) in [6, 6.07) is 14.4. The normalized spacial score (nSPS) is 13.2. The predicted molar refractivity (Wildman–Crippen MR) is 70.8 cm³/mol. The summed E-state index contributed by atoms with van der Waals surface area (Å²) in [5.74, 6) is 0.986. The van der Waals surface area contributed by atoms with Crippen molar-refractivity contribution < 1.29 is 4.74 Å². The molecule has 0 radical (unpaired) electrons. The lowest BCUT2D eigenvalue weighted by molar-refractivity contribution is 0.327. The Bertz CT molecular complexity index is 762. The molecule has 82 valence electrons. The van der Waals surface area contributed by atoms with Crippen LogP contribution in [0.4, 0.5) is 0 Å². The summed E-state index contributed by atoms with van der Waals surface area (Å²) in [7, 11) is 0. The minimum absolute atomic E-state index is 0.675. The number of rotatable bonds is 0. The van der Waals surface area contributed by atoms with Gasteiger partial charge in [-0.05, 0) is 40.4 Å². The van der Waals surface area contributed by atoms with E-state index < -0.39 is 0 Å². The standard InChI is InChI=1S/C15H9ClO/c16-11-5-4-9-6-10-8-17-14-3-1-2-12(15(10)14)13(9)7-11/h1-7H,8H2. The Labute approximate surface area is 104 Å². The average molecular weight is 241 g/mol. The van der Waals surface area contributed by atoms with Crippen molar-refractivity contribution in [1.29, 1.82) is 0 Å². The Kier molecular flexibility index (Phi) is 1.72. The van der Waals surface area contributed by atoms with Gasteiger partial charge in [-0.1, -0.05) is 29.8 Å². The number of hydrogen-bond acceptors (Lipinski definition) is 1. The van der Waals surface area contributed by atoms with Crippen molar-refractivity contribution in [1.82, 2.24) is 0 Å². The van der Waals surface area contributed by atoms with Crippen LogP contribution in [0.25, 0.3) is 21.5 Å². The molecule has 4 rings (SSSR count). The lowest BCUT2D eigenvalue weighted by Gasteiger charge is -2.05. The molecule has 0 N–H and O–H groups in total. The third-order valence-electron chi connectivity index (χ3n) is 3.37. The Hall–Kier alpha value is -1.73. The highest BCUT2D eigenvalue weighted by Crippen LogP contribution is 2.39. The summed E-state index contributed by atoms with van der Waals surface area (Å²) in [6.45, 7) is 0.675. The predicted octanol–water partition coefficient (Wildman–Crippen LogP) is 4.54. The lowest BCUT2D eigenvalue weighted by atomic mass is 9.98. The van der Waals surface area contributed by atoms with Crippen LogP contribution in [0.15, 0.2) is 42.5 Å². The van der Waals surface area contributed by atoms with Crippen molar-refractivity contribution in [3.63, 3.8) is 0 Å². The first-order chi connectivity index (χ1) is 8.33. The fraction of sp³-hybridized carbons (Fsp3) is 0.0667. The van der Waals surface area contributed by atoms with E-state index in [1.165, 1.54) is 27.1 Å². The van der Waals surface area contributed by atoms with Crippen LogP contribution in [0, 0.1) is 0 Å². The van der Waals surface area contributed by atoms with Gasteiger partial charge < -0.3 is 4.74 Å². The monoisotopic (exact) mass is 240 g/mol. The second-order valence-corrected chi connectivity index (χ2v) is 4.80. The maximum Gasteiger partial charge on any atom is 0.128 e. The van der Waals surface area contributed by atoms with Gasteiger partial charge in [0, 0.05) is 16.0 Å². The fourth-order valence-electron chi connectivity index (χ4n) is 2.62. The molecule has 1 nitrogen and oxygen atoms in total. The molecule has 1 heterocycles. The minimum Gasteiger partial charge on any atom is -0.488 e. The maximum atomic E-state index is 6.08. The van der Waals surface area contributed by atoms with E-state index in [4.69, 9.17) is 16.3 Å². The molecule has 0 spiro atoms. The van der Waals surface area contributed by atoms with Crippen molar-refractivity contribution in [3.8, 4) is 5.75 Å². The van der Waals surface area contributed by atoms with Crippen LogP contribution >= 0.6 is 11.6 Å². The van der Waals surface area contributed by atoms with Crippen LogP contribution in [0.1, 0.15) is 5.56 Å². The van der Waals surface area contributed by atoms with E-state index >= 15 is 0 Å². The van der Waals surface area contributed by atoms with Crippen molar-refractivity contribution in [2.75, 3.05) is 0 Å². The molecule has 1 aliphatic heterocycles. The molecule has 0 aliphatic carbocycles. The van der Waals surface area contributed by atoms with Gasteiger partial charge in [-0.15, -0.1) is 0 Å². The number of fused-ring (bicyclic) bond motifs is 2. The van der Waals surface area contributed by atoms with Crippen LogP contribution in [-0.2, 0) is 6.61 Å². The molecular formula is C15H9ClO. The summed E-state index contributed by atoms with van der Waals surface area (Å²) in [6.07, 6.45) is 0. The average Bonchev–Trinajstić information content (AvgIpc) is 2.75. The van der Waals surface area contributed by atoms with E-state index in [1.807, 2.05) is 24.3 Å². The number of benzene rings is 3. The zero-order chi connectivity index (χ0) is 11.4. The second-order valence-electron chi connectivity index (χ2n) is 4.37. The van der Waals surface area contributed by atoms with Gasteiger partial charge in [0.2, 0.25) is 0 Å². The summed E-state index contributed by atoms with van der Waals surface area (Å²) < 4.78 is 5.68. The SMILES string of the molecule is Clc1ccc2cc3c4c(cccc4c2c1)OC3. The third-order valence-corrected chi connectivity index (χ3v) is 3.60. The van der Waals surface area contributed by atoms with E-state index in [0.29, 0.717) is 6.61 Å². The molecule has 0 unspecified atom stereocenters. The summed E-state index contributed by atoms with van der Waals surface area (Å²) >= 11 is 6.08. The van der Waals surface area contributed by atoms with Crippen molar-refractivity contribution in [3.05, 3.63) is 53.1 Å². The molecule has 0 bridgehead atoms. The fourth-order valence-corrected chi connectivity index (χ4v) is 2.80. The smallest absolute Gasteiger partial charge is 0.128 e. The first kappa shape index (κ1) is 9.32. The molecule has 1 aliphatic rings. The third kappa shape index (κ3) is 1.20. The summed E-state index contributed by atoms with van der Waals surface area (Å²) in [4.78, 5) is 0. The number of ether oxygens (including phenoxy) is 1. The minimum atomic E-state index is 0.675. The summed E-state index contributed by atoms with van der Waals surface area (Å²) in [5, 5.41) is 5.66. The zero-order valence-corrected chi connectivity index (χ0v) is 9.79. The molecular weight excluding hydrogens is 232 g/mol. The molecule has 3 aromatic carbocycles.